The first kappa shape index (κ1) is 17.6. The van der Waals surface area contributed by atoms with E-state index in [2.05, 4.69) is 30.0 Å². The van der Waals surface area contributed by atoms with Crippen LogP contribution in [0.1, 0.15) is 42.0 Å². The van der Waals surface area contributed by atoms with Crippen LogP contribution < -0.4 is 5.32 Å². The monoisotopic (exact) mass is 369 g/mol. The number of carbonyl (C=O) groups excluding carboxylic acids is 1. The second-order valence-corrected chi connectivity index (χ2v) is 6.60. The molecule has 0 spiro atoms. The minimum absolute atomic E-state index is 0.160. The lowest BCUT2D eigenvalue weighted by atomic mass is 10.1. The molecule has 1 amide bonds. The van der Waals surface area contributed by atoms with Crippen molar-refractivity contribution in [3.63, 3.8) is 0 Å². The first-order valence-electron chi connectivity index (χ1n) is 9.31. The van der Waals surface area contributed by atoms with Crippen LogP contribution in [0.2, 0.25) is 0 Å². The first-order valence-corrected chi connectivity index (χ1v) is 9.31. The van der Waals surface area contributed by atoms with Gasteiger partial charge in [0.25, 0.3) is 5.91 Å². The average molecular weight is 369 g/mol. The summed E-state index contributed by atoms with van der Waals surface area (Å²) in [5, 5.41) is 10.9. The fraction of sp³-hybridized carbons (Fsp3) is 0.500. The summed E-state index contributed by atoms with van der Waals surface area (Å²) in [5.41, 5.74) is 2.06. The summed E-state index contributed by atoms with van der Waals surface area (Å²) < 4.78 is 9.48. The summed E-state index contributed by atoms with van der Waals surface area (Å²) in [4.78, 5) is 21.4. The van der Waals surface area contributed by atoms with Gasteiger partial charge in [-0.05, 0) is 25.8 Å². The minimum Gasteiger partial charge on any atom is -0.381 e. The predicted octanol–water partition coefficient (Wildman–Crippen LogP) is 1.37. The van der Waals surface area contributed by atoms with Crippen LogP contribution in [0, 0.1) is 0 Å². The molecule has 0 aliphatic carbocycles. The lowest BCUT2D eigenvalue weighted by Gasteiger charge is -2.23. The van der Waals surface area contributed by atoms with Crippen LogP contribution in [-0.2, 0) is 17.7 Å². The van der Waals surface area contributed by atoms with Crippen LogP contribution in [0.4, 0.5) is 0 Å². The molecule has 142 valence electrons. The molecule has 0 atom stereocenters. The Kier molecular flexibility index (Phi) is 5.10. The Morgan fingerprint density at radius 1 is 1.30 bits per heavy atom. The van der Waals surface area contributed by atoms with Gasteiger partial charge in [-0.3, -0.25) is 4.79 Å². The molecule has 4 heterocycles. The molecule has 0 bridgehead atoms. The molecule has 1 aliphatic rings. The Labute approximate surface area is 156 Å². The number of pyridine rings is 1. The number of nitrogens with zero attached hydrogens (tertiary/aromatic N) is 6. The Morgan fingerprint density at radius 3 is 2.96 bits per heavy atom. The molecule has 9 nitrogen and oxygen atoms in total. The summed E-state index contributed by atoms with van der Waals surface area (Å²) in [6, 6.07) is 2.15. The predicted molar refractivity (Wildman–Crippen MR) is 98.4 cm³/mol. The first-order chi connectivity index (χ1) is 13.3. The highest BCUT2D eigenvalue weighted by atomic mass is 16.5. The molecule has 27 heavy (non-hydrogen) atoms. The zero-order chi connectivity index (χ0) is 18.6. The summed E-state index contributed by atoms with van der Waals surface area (Å²) in [6.07, 6.45) is 7.67. The Balaban J connectivity index is 1.41. The standard InChI is InChI=1S/C18H23N7O2/c1-2-24-12-22-23-16(24)3-6-19-18(26)13-9-15-17(20-10-13)25(11-21-15)14-4-7-27-8-5-14/h9-12,14H,2-8H2,1H3,(H,19,26). The van der Waals surface area contributed by atoms with E-state index in [0.717, 1.165) is 49.6 Å². The van der Waals surface area contributed by atoms with Gasteiger partial charge < -0.3 is 19.2 Å². The Hall–Kier alpha value is -2.81. The van der Waals surface area contributed by atoms with Crippen molar-refractivity contribution < 1.29 is 9.53 Å². The van der Waals surface area contributed by atoms with E-state index in [1.54, 1.807) is 18.6 Å². The van der Waals surface area contributed by atoms with E-state index < -0.39 is 0 Å². The van der Waals surface area contributed by atoms with E-state index in [-0.39, 0.29) is 5.91 Å². The molecule has 3 aromatic heterocycles. The summed E-state index contributed by atoms with van der Waals surface area (Å²) in [6.45, 7) is 4.86. The van der Waals surface area contributed by atoms with Gasteiger partial charge in [0.1, 0.15) is 17.7 Å². The maximum absolute atomic E-state index is 12.4. The smallest absolute Gasteiger partial charge is 0.252 e. The SMILES string of the molecule is CCn1cnnc1CCNC(=O)c1cnc2c(c1)ncn2C1CCOCC1. The summed E-state index contributed by atoms with van der Waals surface area (Å²) in [5.74, 6) is 0.703. The quantitative estimate of drug-likeness (QED) is 0.704. The highest BCUT2D eigenvalue weighted by molar-refractivity contribution is 5.96. The van der Waals surface area contributed by atoms with Crippen molar-refractivity contribution in [2.45, 2.75) is 38.8 Å². The van der Waals surface area contributed by atoms with E-state index in [4.69, 9.17) is 4.74 Å². The normalized spacial score (nSPS) is 15.3. The topological polar surface area (TPSA) is 99.8 Å². The zero-order valence-electron chi connectivity index (χ0n) is 15.3. The molecule has 1 aliphatic heterocycles. The highest BCUT2D eigenvalue weighted by Crippen LogP contribution is 2.24. The lowest BCUT2D eigenvalue weighted by Crippen LogP contribution is -2.26. The second-order valence-electron chi connectivity index (χ2n) is 6.60. The number of fused-ring (bicyclic) bond motifs is 1. The van der Waals surface area contributed by atoms with Crippen LogP contribution in [0.3, 0.4) is 0 Å². The fourth-order valence-corrected chi connectivity index (χ4v) is 3.40. The van der Waals surface area contributed by atoms with E-state index >= 15 is 0 Å². The third kappa shape index (κ3) is 3.68. The highest BCUT2D eigenvalue weighted by Gasteiger charge is 2.19. The van der Waals surface area contributed by atoms with Gasteiger partial charge >= 0.3 is 0 Å². The van der Waals surface area contributed by atoms with Gasteiger partial charge in [0.15, 0.2) is 5.65 Å². The minimum atomic E-state index is -0.160. The molecule has 0 saturated carbocycles. The average Bonchev–Trinajstić information content (AvgIpc) is 3.34. The van der Waals surface area contributed by atoms with Crippen LogP contribution in [0.5, 0.6) is 0 Å². The molecular weight excluding hydrogens is 346 g/mol. The molecular formula is C18H23N7O2. The van der Waals surface area contributed by atoms with Gasteiger partial charge in [-0.2, -0.15) is 0 Å². The number of hydrogen-bond acceptors (Lipinski definition) is 6. The van der Waals surface area contributed by atoms with Crippen LogP contribution in [0.15, 0.2) is 24.9 Å². The number of ether oxygens (including phenoxy) is 1. The van der Waals surface area contributed by atoms with E-state index in [1.165, 1.54) is 0 Å². The molecule has 1 saturated heterocycles. The van der Waals surface area contributed by atoms with Gasteiger partial charge in [-0.1, -0.05) is 0 Å². The number of amides is 1. The molecule has 1 fully saturated rings. The van der Waals surface area contributed by atoms with Crippen molar-refractivity contribution in [3.05, 3.63) is 36.3 Å². The number of imidazole rings is 1. The van der Waals surface area contributed by atoms with Gasteiger partial charge in [0, 0.05) is 45.0 Å². The number of aromatic nitrogens is 6. The Morgan fingerprint density at radius 2 is 2.15 bits per heavy atom. The molecule has 9 heteroatoms. The van der Waals surface area contributed by atoms with Gasteiger partial charge in [0.2, 0.25) is 0 Å². The van der Waals surface area contributed by atoms with E-state index in [1.807, 2.05) is 17.8 Å². The fourth-order valence-electron chi connectivity index (χ4n) is 3.40. The molecule has 4 rings (SSSR count). The largest absolute Gasteiger partial charge is 0.381 e. The Bertz CT molecular complexity index is 927. The molecule has 1 N–H and O–H groups in total. The molecule has 3 aromatic rings. The molecule has 0 unspecified atom stereocenters. The van der Waals surface area contributed by atoms with Crippen LogP contribution >= 0.6 is 0 Å². The number of hydrogen-bond donors (Lipinski definition) is 1. The lowest BCUT2D eigenvalue weighted by molar-refractivity contribution is 0.0704. The summed E-state index contributed by atoms with van der Waals surface area (Å²) >= 11 is 0. The molecule has 0 radical (unpaired) electrons. The maximum Gasteiger partial charge on any atom is 0.252 e. The van der Waals surface area contributed by atoms with Crippen molar-refractivity contribution in [2.75, 3.05) is 19.8 Å². The third-order valence-corrected chi connectivity index (χ3v) is 4.93. The maximum atomic E-state index is 12.4. The summed E-state index contributed by atoms with van der Waals surface area (Å²) in [7, 11) is 0. The second kappa shape index (κ2) is 7.83. The van der Waals surface area contributed by atoms with Gasteiger partial charge in [-0.25, -0.2) is 9.97 Å². The van der Waals surface area contributed by atoms with Crippen LogP contribution in [-0.4, -0.2) is 55.0 Å². The van der Waals surface area contributed by atoms with Gasteiger partial charge in [-0.15, -0.1) is 10.2 Å². The number of rotatable bonds is 6. The van der Waals surface area contributed by atoms with Crippen molar-refractivity contribution in [1.29, 1.82) is 0 Å². The van der Waals surface area contributed by atoms with Crippen molar-refractivity contribution >= 4 is 17.1 Å². The van der Waals surface area contributed by atoms with Crippen molar-refractivity contribution in [3.8, 4) is 0 Å². The number of nitrogens with one attached hydrogen (secondary N) is 1. The third-order valence-electron chi connectivity index (χ3n) is 4.93. The number of carbonyl (C=O) groups is 1. The van der Waals surface area contributed by atoms with Crippen molar-refractivity contribution in [1.82, 2.24) is 34.6 Å². The van der Waals surface area contributed by atoms with E-state index in [0.29, 0.717) is 24.6 Å². The molecule has 0 aromatic carbocycles. The van der Waals surface area contributed by atoms with Crippen molar-refractivity contribution in [2.24, 2.45) is 0 Å². The number of aryl methyl sites for hydroxylation is 1. The zero-order valence-corrected chi connectivity index (χ0v) is 15.3. The van der Waals surface area contributed by atoms with Gasteiger partial charge in [0.05, 0.1) is 11.9 Å². The van der Waals surface area contributed by atoms with E-state index in [9.17, 15) is 4.79 Å². The van der Waals surface area contributed by atoms with Crippen LogP contribution in [0.25, 0.3) is 11.2 Å².